The van der Waals surface area contributed by atoms with Crippen molar-refractivity contribution in [3.8, 4) is 11.5 Å². The molecule has 0 aliphatic carbocycles. The number of aromatic nitrogens is 2. The number of aromatic amines is 1. The molecule has 0 radical (unpaired) electrons. The minimum atomic E-state index is -0.0340. The molecule has 0 aromatic carbocycles. The second-order valence-electron chi connectivity index (χ2n) is 2.41. The first-order valence-corrected chi connectivity index (χ1v) is 3.59. The largest absolute Gasteiger partial charge is 0.463 e. The van der Waals surface area contributed by atoms with Gasteiger partial charge in [-0.05, 0) is 18.2 Å². The van der Waals surface area contributed by atoms with Gasteiger partial charge in [-0.15, -0.1) is 0 Å². The molecule has 4 nitrogen and oxygen atoms in total. The number of furan rings is 1. The lowest BCUT2D eigenvalue weighted by Gasteiger charge is -1.84. The van der Waals surface area contributed by atoms with Gasteiger partial charge in [-0.1, -0.05) is 0 Å². The van der Waals surface area contributed by atoms with Gasteiger partial charge >= 0.3 is 0 Å². The molecule has 0 spiro atoms. The molecule has 0 bridgehead atoms. The van der Waals surface area contributed by atoms with E-state index in [9.17, 15) is 0 Å². The summed E-state index contributed by atoms with van der Waals surface area (Å²) in [5.41, 5.74) is 1.39. The Hall–Kier alpha value is -1.55. The zero-order valence-electron chi connectivity index (χ0n) is 6.32. The predicted molar refractivity (Wildman–Crippen MR) is 42.2 cm³/mol. The smallest absolute Gasteiger partial charge is 0.154 e. The van der Waals surface area contributed by atoms with Crippen molar-refractivity contribution in [2.75, 3.05) is 0 Å². The van der Waals surface area contributed by atoms with Crippen LogP contribution in [0.1, 0.15) is 5.69 Å². The molecule has 2 rings (SSSR count). The van der Waals surface area contributed by atoms with Crippen molar-refractivity contribution in [2.24, 2.45) is 0 Å². The summed E-state index contributed by atoms with van der Waals surface area (Å²) in [6.45, 7) is -0.0340. The maximum absolute atomic E-state index is 8.75. The Labute approximate surface area is 68.8 Å². The quantitative estimate of drug-likeness (QED) is 0.700. The van der Waals surface area contributed by atoms with E-state index in [2.05, 4.69) is 10.2 Å². The van der Waals surface area contributed by atoms with Gasteiger partial charge in [-0.2, -0.15) is 5.10 Å². The summed E-state index contributed by atoms with van der Waals surface area (Å²) in [6.07, 6.45) is 1.59. The van der Waals surface area contributed by atoms with Crippen LogP contribution < -0.4 is 0 Å². The van der Waals surface area contributed by atoms with Crippen LogP contribution in [-0.2, 0) is 6.61 Å². The van der Waals surface area contributed by atoms with Crippen molar-refractivity contribution in [1.29, 1.82) is 0 Å². The number of rotatable bonds is 2. The minimum Gasteiger partial charge on any atom is -0.463 e. The van der Waals surface area contributed by atoms with Crippen LogP contribution in [0.3, 0.4) is 0 Å². The lowest BCUT2D eigenvalue weighted by atomic mass is 10.3. The highest BCUT2D eigenvalue weighted by molar-refractivity contribution is 5.51. The van der Waals surface area contributed by atoms with Crippen molar-refractivity contribution in [2.45, 2.75) is 6.61 Å². The molecule has 2 N–H and O–H groups in total. The van der Waals surface area contributed by atoms with Gasteiger partial charge in [0.25, 0.3) is 0 Å². The summed E-state index contributed by atoms with van der Waals surface area (Å²) >= 11 is 0. The van der Waals surface area contributed by atoms with Gasteiger partial charge in [-0.3, -0.25) is 5.10 Å². The van der Waals surface area contributed by atoms with Crippen LogP contribution in [0.4, 0.5) is 0 Å². The van der Waals surface area contributed by atoms with E-state index in [1.165, 1.54) is 0 Å². The molecule has 12 heavy (non-hydrogen) atoms. The van der Waals surface area contributed by atoms with E-state index in [0.29, 0.717) is 17.1 Å². The monoisotopic (exact) mass is 164 g/mol. The first-order chi connectivity index (χ1) is 5.90. The van der Waals surface area contributed by atoms with Gasteiger partial charge in [-0.25, -0.2) is 0 Å². The molecule has 2 aromatic heterocycles. The van der Waals surface area contributed by atoms with Gasteiger partial charge < -0.3 is 9.52 Å². The first kappa shape index (κ1) is 7.12. The molecule has 0 saturated carbocycles. The van der Waals surface area contributed by atoms with E-state index in [1.807, 2.05) is 6.07 Å². The van der Waals surface area contributed by atoms with Crippen LogP contribution in [0.15, 0.2) is 28.9 Å². The van der Waals surface area contributed by atoms with Crippen LogP contribution in [-0.4, -0.2) is 15.3 Å². The van der Waals surface area contributed by atoms with Crippen molar-refractivity contribution < 1.29 is 9.52 Å². The van der Waals surface area contributed by atoms with Crippen LogP contribution in [0.2, 0.25) is 0 Å². The van der Waals surface area contributed by atoms with E-state index in [1.54, 1.807) is 18.4 Å². The standard InChI is InChI=1S/C8H8N2O2/c11-5-6-4-7(10-9-6)8-2-1-3-12-8/h1-4,11H,5H2,(H,9,10). The number of hydrogen-bond donors (Lipinski definition) is 2. The molecule has 0 fully saturated rings. The molecule has 0 amide bonds. The molecule has 0 atom stereocenters. The Balaban J connectivity index is 2.35. The van der Waals surface area contributed by atoms with E-state index in [0.717, 1.165) is 0 Å². The Morgan fingerprint density at radius 2 is 2.50 bits per heavy atom. The van der Waals surface area contributed by atoms with E-state index in [-0.39, 0.29) is 6.61 Å². The van der Waals surface area contributed by atoms with Crippen LogP contribution in [0.5, 0.6) is 0 Å². The third kappa shape index (κ3) is 1.12. The zero-order chi connectivity index (χ0) is 8.39. The van der Waals surface area contributed by atoms with Crippen molar-refractivity contribution in [3.63, 3.8) is 0 Å². The second kappa shape index (κ2) is 2.83. The van der Waals surface area contributed by atoms with Gasteiger partial charge in [0.15, 0.2) is 5.76 Å². The van der Waals surface area contributed by atoms with E-state index < -0.39 is 0 Å². The number of aliphatic hydroxyl groups excluding tert-OH is 1. The topological polar surface area (TPSA) is 62.1 Å². The lowest BCUT2D eigenvalue weighted by molar-refractivity contribution is 0.276. The maximum atomic E-state index is 8.75. The van der Waals surface area contributed by atoms with Crippen molar-refractivity contribution >= 4 is 0 Å². The summed E-state index contributed by atoms with van der Waals surface area (Å²) in [5, 5.41) is 15.4. The average molecular weight is 164 g/mol. The fourth-order valence-corrected chi connectivity index (χ4v) is 0.993. The summed E-state index contributed by atoms with van der Waals surface area (Å²) in [5.74, 6) is 0.700. The molecule has 4 heteroatoms. The number of nitrogens with zero attached hydrogens (tertiary/aromatic N) is 1. The molecular weight excluding hydrogens is 156 g/mol. The summed E-state index contributed by atoms with van der Waals surface area (Å²) < 4.78 is 5.11. The van der Waals surface area contributed by atoms with Crippen LogP contribution in [0.25, 0.3) is 11.5 Å². The van der Waals surface area contributed by atoms with E-state index in [4.69, 9.17) is 9.52 Å². The van der Waals surface area contributed by atoms with Gasteiger partial charge in [0, 0.05) is 0 Å². The zero-order valence-corrected chi connectivity index (χ0v) is 6.32. The number of nitrogens with one attached hydrogen (secondary N) is 1. The molecule has 0 aliphatic rings. The molecule has 0 saturated heterocycles. The third-order valence-corrected chi connectivity index (χ3v) is 1.57. The average Bonchev–Trinajstić information content (AvgIpc) is 2.75. The third-order valence-electron chi connectivity index (χ3n) is 1.57. The number of aliphatic hydroxyl groups is 1. The molecule has 0 aliphatic heterocycles. The van der Waals surface area contributed by atoms with E-state index >= 15 is 0 Å². The molecular formula is C8H8N2O2. The number of hydrogen-bond acceptors (Lipinski definition) is 3. The summed E-state index contributed by atoms with van der Waals surface area (Å²) in [4.78, 5) is 0. The van der Waals surface area contributed by atoms with Crippen molar-refractivity contribution in [1.82, 2.24) is 10.2 Å². The minimum absolute atomic E-state index is 0.0340. The number of H-pyrrole nitrogens is 1. The second-order valence-corrected chi connectivity index (χ2v) is 2.41. The highest BCUT2D eigenvalue weighted by Crippen LogP contribution is 2.17. The SMILES string of the molecule is OCc1cc(-c2ccco2)n[nH]1. The van der Waals surface area contributed by atoms with Crippen LogP contribution >= 0.6 is 0 Å². The molecule has 2 aromatic rings. The summed E-state index contributed by atoms with van der Waals surface area (Å²) in [7, 11) is 0. The highest BCUT2D eigenvalue weighted by atomic mass is 16.3. The molecule has 62 valence electrons. The highest BCUT2D eigenvalue weighted by Gasteiger charge is 2.04. The fourth-order valence-electron chi connectivity index (χ4n) is 0.993. The first-order valence-electron chi connectivity index (χ1n) is 3.59. The maximum Gasteiger partial charge on any atom is 0.154 e. The van der Waals surface area contributed by atoms with Gasteiger partial charge in [0.1, 0.15) is 5.69 Å². The Morgan fingerprint density at radius 3 is 3.08 bits per heavy atom. The molecule has 0 unspecified atom stereocenters. The Morgan fingerprint density at radius 1 is 1.58 bits per heavy atom. The predicted octanol–water partition coefficient (Wildman–Crippen LogP) is 1.16. The normalized spacial score (nSPS) is 10.4. The fraction of sp³-hybridized carbons (Fsp3) is 0.125. The van der Waals surface area contributed by atoms with Crippen molar-refractivity contribution in [3.05, 3.63) is 30.2 Å². The Bertz CT molecular complexity index is 351. The van der Waals surface area contributed by atoms with Crippen LogP contribution in [0, 0.1) is 0 Å². The summed E-state index contributed by atoms with van der Waals surface area (Å²) in [6, 6.07) is 5.36. The van der Waals surface area contributed by atoms with Gasteiger partial charge in [0.2, 0.25) is 0 Å². The lowest BCUT2D eigenvalue weighted by Crippen LogP contribution is -1.79. The Kier molecular flexibility index (Phi) is 1.68. The molecule has 2 heterocycles. The van der Waals surface area contributed by atoms with Gasteiger partial charge in [0.05, 0.1) is 18.6 Å².